The van der Waals surface area contributed by atoms with Crippen LogP contribution in [0.4, 0.5) is 0 Å². The zero-order valence-electron chi connectivity index (χ0n) is 11.7. The van der Waals surface area contributed by atoms with Gasteiger partial charge in [-0.05, 0) is 62.6 Å². The minimum Gasteiger partial charge on any atom is -0.378 e. The maximum absolute atomic E-state index is 5.65. The smallest absolute Gasteiger partial charge is 0.0580 e. The molecule has 1 aromatic rings. The van der Waals surface area contributed by atoms with Crippen molar-refractivity contribution in [1.29, 1.82) is 0 Å². The molecule has 0 aromatic carbocycles. The van der Waals surface area contributed by atoms with Gasteiger partial charge in [-0.25, -0.2) is 0 Å². The van der Waals surface area contributed by atoms with Crippen molar-refractivity contribution in [1.82, 2.24) is 5.32 Å². The van der Waals surface area contributed by atoms with Crippen molar-refractivity contribution in [3.05, 3.63) is 21.9 Å². The lowest BCUT2D eigenvalue weighted by Gasteiger charge is -2.37. The molecule has 1 aromatic heterocycles. The largest absolute Gasteiger partial charge is 0.378 e. The van der Waals surface area contributed by atoms with Crippen molar-refractivity contribution < 1.29 is 4.74 Å². The second-order valence-electron chi connectivity index (χ2n) is 5.19. The van der Waals surface area contributed by atoms with Gasteiger partial charge in [0.1, 0.15) is 0 Å². The molecule has 1 fully saturated rings. The third-order valence-electron chi connectivity index (χ3n) is 3.89. The predicted octanol–water partition coefficient (Wildman–Crippen LogP) is 3.91. The molecule has 3 heteroatoms. The molecule has 0 spiro atoms. The van der Waals surface area contributed by atoms with E-state index in [9.17, 15) is 0 Å². The molecule has 0 amide bonds. The normalized spacial score (nSPS) is 24.8. The van der Waals surface area contributed by atoms with Crippen LogP contribution in [-0.2, 0) is 4.74 Å². The first kappa shape index (κ1) is 14.0. The Labute approximate surface area is 115 Å². The molecule has 1 N–H and O–H groups in total. The molecular formula is C15H25NOS. The SMILES string of the molecule is CCNC(CC1CC(OCC)C1)c1ccsc1C. The molecular weight excluding hydrogens is 242 g/mol. The summed E-state index contributed by atoms with van der Waals surface area (Å²) in [6, 6.07) is 2.82. The van der Waals surface area contributed by atoms with Crippen LogP contribution in [0.1, 0.15) is 49.6 Å². The lowest BCUT2D eigenvalue weighted by Crippen LogP contribution is -2.34. The van der Waals surface area contributed by atoms with Gasteiger partial charge < -0.3 is 10.1 Å². The van der Waals surface area contributed by atoms with Crippen LogP contribution in [0.25, 0.3) is 0 Å². The van der Waals surface area contributed by atoms with Crippen molar-refractivity contribution in [2.75, 3.05) is 13.2 Å². The number of thiophene rings is 1. The minimum absolute atomic E-state index is 0.533. The van der Waals surface area contributed by atoms with E-state index in [0.29, 0.717) is 12.1 Å². The molecule has 0 saturated heterocycles. The number of ether oxygens (including phenoxy) is 1. The Balaban J connectivity index is 1.87. The summed E-state index contributed by atoms with van der Waals surface area (Å²) in [5.74, 6) is 0.838. The van der Waals surface area contributed by atoms with Gasteiger partial charge in [0.15, 0.2) is 0 Å². The van der Waals surface area contributed by atoms with Crippen molar-refractivity contribution in [3.8, 4) is 0 Å². The summed E-state index contributed by atoms with van der Waals surface area (Å²) in [5.41, 5.74) is 1.50. The van der Waals surface area contributed by atoms with Crippen LogP contribution in [0.2, 0.25) is 0 Å². The van der Waals surface area contributed by atoms with Crippen LogP contribution >= 0.6 is 11.3 Å². The van der Waals surface area contributed by atoms with E-state index >= 15 is 0 Å². The fraction of sp³-hybridized carbons (Fsp3) is 0.733. The highest BCUT2D eigenvalue weighted by molar-refractivity contribution is 7.10. The van der Waals surface area contributed by atoms with Gasteiger partial charge in [-0.3, -0.25) is 0 Å². The molecule has 0 radical (unpaired) electrons. The highest BCUT2D eigenvalue weighted by Gasteiger charge is 2.31. The number of rotatable bonds is 7. The van der Waals surface area contributed by atoms with Gasteiger partial charge in [0.25, 0.3) is 0 Å². The van der Waals surface area contributed by atoms with Crippen molar-refractivity contribution in [2.45, 2.75) is 52.2 Å². The van der Waals surface area contributed by atoms with Crippen molar-refractivity contribution >= 4 is 11.3 Å². The summed E-state index contributed by atoms with van der Waals surface area (Å²) in [6.07, 6.45) is 4.29. The summed E-state index contributed by atoms with van der Waals surface area (Å²) in [7, 11) is 0. The summed E-state index contributed by atoms with van der Waals surface area (Å²) in [4.78, 5) is 1.46. The lowest BCUT2D eigenvalue weighted by molar-refractivity contribution is -0.0291. The average molecular weight is 267 g/mol. The number of hydrogen-bond donors (Lipinski definition) is 1. The van der Waals surface area contributed by atoms with Crippen LogP contribution in [0.5, 0.6) is 0 Å². The fourth-order valence-electron chi connectivity index (χ4n) is 2.90. The van der Waals surface area contributed by atoms with Crippen molar-refractivity contribution in [2.24, 2.45) is 5.92 Å². The lowest BCUT2D eigenvalue weighted by atomic mass is 9.77. The third kappa shape index (κ3) is 3.34. The van der Waals surface area contributed by atoms with Crippen LogP contribution in [0, 0.1) is 12.8 Å². The van der Waals surface area contributed by atoms with Crippen molar-refractivity contribution in [3.63, 3.8) is 0 Å². The first-order valence-electron chi connectivity index (χ1n) is 7.13. The topological polar surface area (TPSA) is 21.3 Å². The molecule has 1 atom stereocenters. The third-order valence-corrected chi connectivity index (χ3v) is 4.75. The van der Waals surface area contributed by atoms with Gasteiger partial charge in [0.05, 0.1) is 6.10 Å². The Bertz CT molecular complexity index is 357. The first-order chi connectivity index (χ1) is 8.74. The number of nitrogens with one attached hydrogen (secondary N) is 1. The molecule has 1 aliphatic carbocycles. The minimum atomic E-state index is 0.533. The monoisotopic (exact) mass is 267 g/mol. The quantitative estimate of drug-likeness (QED) is 0.808. The molecule has 102 valence electrons. The Morgan fingerprint density at radius 2 is 2.22 bits per heavy atom. The summed E-state index contributed by atoms with van der Waals surface area (Å²) in [6.45, 7) is 8.41. The molecule has 18 heavy (non-hydrogen) atoms. The molecule has 0 bridgehead atoms. The zero-order valence-corrected chi connectivity index (χ0v) is 12.6. The molecule has 2 nitrogen and oxygen atoms in total. The maximum atomic E-state index is 5.65. The standard InChI is InChI=1S/C15H25NOS/c1-4-16-15(14-6-7-18-11(14)3)10-12-8-13(9-12)17-5-2/h6-7,12-13,15-16H,4-5,8-10H2,1-3H3. The van der Waals surface area contributed by atoms with Gasteiger partial charge in [0.2, 0.25) is 0 Å². The molecule has 1 unspecified atom stereocenters. The summed E-state index contributed by atoms with van der Waals surface area (Å²) in [5, 5.41) is 5.84. The highest BCUT2D eigenvalue weighted by Crippen LogP contribution is 2.38. The van der Waals surface area contributed by atoms with E-state index in [1.807, 2.05) is 11.3 Å². The van der Waals surface area contributed by atoms with E-state index in [4.69, 9.17) is 4.74 Å². The van der Waals surface area contributed by atoms with E-state index in [0.717, 1.165) is 19.1 Å². The maximum Gasteiger partial charge on any atom is 0.0580 e. The molecule has 1 heterocycles. The molecule has 1 saturated carbocycles. The van der Waals surface area contributed by atoms with Gasteiger partial charge in [-0.1, -0.05) is 6.92 Å². The summed E-state index contributed by atoms with van der Waals surface area (Å²) < 4.78 is 5.65. The van der Waals surface area contributed by atoms with E-state index in [2.05, 4.69) is 37.5 Å². The van der Waals surface area contributed by atoms with Gasteiger partial charge in [-0.15, -0.1) is 11.3 Å². The Kier molecular flexibility index (Phi) is 5.22. The fourth-order valence-corrected chi connectivity index (χ4v) is 3.66. The van der Waals surface area contributed by atoms with E-state index < -0.39 is 0 Å². The Morgan fingerprint density at radius 1 is 1.44 bits per heavy atom. The number of hydrogen-bond acceptors (Lipinski definition) is 3. The first-order valence-corrected chi connectivity index (χ1v) is 8.01. The van der Waals surface area contributed by atoms with Gasteiger partial charge in [0, 0.05) is 17.5 Å². The van der Waals surface area contributed by atoms with E-state index in [1.54, 1.807) is 0 Å². The van der Waals surface area contributed by atoms with Gasteiger partial charge in [-0.2, -0.15) is 0 Å². The van der Waals surface area contributed by atoms with Crippen LogP contribution in [0.15, 0.2) is 11.4 Å². The summed E-state index contributed by atoms with van der Waals surface area (Å²) >= 11 is 1.86. The van der Waals surface area contributed by atoms with E-state index in [-0.39, 0.29) is 0 Å². The molecule has 2 rings (SSSR count). The van der Waals surface area contributed by atoms with Crippen LogP contribution in [-0.4, -0.2) is 19.3 Å². The van der Waals surface area contributed by atoms with Crippen LogP contribution < -0.4 is 5.32 Å². The average Bonchev–Trinajstić information content (AvgIpc) is 2.71. The second kappa shape index (κ2) is 6.69. The predicted molar refractivity (Wildman–Crippen MR) is 78.2 cm³/mol. The number of aryl methyl sites for hydroxylation is 1. The molecule has 0 aliphatic heterocycles. The zero-order chi connectivity index (χ0) is 13.0. The molecule has 1 aliphatic rings. The van der Waals surface area contributed by atoms with Crippen LogP contribution in [0.3, 0.4) is 0 Å². The Hall–Kier alpha value is -0.380. The van der Waals surface area contributed by atoms with Gasteiger partial charge >= 0.3 is 0 Å². The Morgan fingerprint density at radius 3 is 2.78 bits per heavy atom. The van der Waals surface area contributed by atoms with E-state index in [1.165, 1.54) is 29.7 Å². The second-order valence-corrected chi connectivity index (χ2v) is 6.31. The highest BCUT2D eigenvalue weighted by atomic mass is 32.1.